The number of likely N-dealkylation sites (N-methyl/N-ethyl adjacent to an activating group) is 1. The number of esters is 1. The Morgan fingerprint density at radius 2 is 1.18 bits per heavy atom. The van der Waals surface area contributed by atoms with Crippen LogP contribution in [0, 0.1) is 0 Å². The van der Waals surface area contributed by atoms with Gasteiger partial charge in [0.05, 0.1) is 34.4 Å². The molecule has 228 valence electrons. The fraction of sp³-hybridized carbons (Fsp3) is 0.966. The topological polar surface area (TPSA) is 94.1 Å². The first-order valence-electron chi connectivity index (χ1n) is 15.3. The molecule has 38 heavy (non-hydrogen) atoms. The van der Waals surface area contributed by atoms with Gasteiger partial charge in [-0.05, 0) is 6.42 Å². The Balaban J connectivity index is 3.80. The predicted octanol–water partition coefficient (Wildman–Crippen LogP) is 6.79. The van der Waals surface area contributed by atoms with E-state index >= 15 is 0 Å². The number of nitrogens with zero attached hydrogens (tertiary/aromatic N) is 1. The second kappa shape index (κ2) is 24.3. The Morgan fingerprint density at radius 3 is 1.63 bits per heavy atom. The fourth-order valence-corrected chi connectivity index (χ4v) is 4.72. The zero-order valence-corrected chi connectivity index (χ0v) is 26.3. The molecule has 0 rings (SSSR count). The van der Waals surface area contributed by atoms with Crippen LogP contribution in [0.4, 0.5) is 0 Å². The maximum atomic E-state index is 12.0. The summed E-state index contributed by atoms with van der Waals surface area (Å²) in [4.78, 5) is 23.7. The van der Waals surface area contributed by atoms with Gasteiger partial charge in [0.15, 0.2) is 0 Å². The Morgan fingerprint density at radius 1 is 0.711 bits per heavy atom. The van der Waals surface area contributed by atoms with Crippen LogP contribution < -0.4 is 4.89 Å². The maximum Gasteiger partial charge on any atom is 0.305 e. The number of rotatable bonds is 28. The van der Waals surface area contributed by atoms with E-state index in [1.807, 2.05) is 21.1 Å². The van der Waals surface area contributed by atoms with Crippen molar-refractivity contribution in [2.24, 2.45) is 0 Å². The highest BCUT2D eigenvalue weighted by Crippen LogP contribution is 2.38. The molecule has 0 spiro atoms. The average Bonchev–Trinajstić information content (AvgIpc) is 2.85. The van der Waals surface area contributed by atoms with Gasteiger partial charge in [-0.2, -0.15) is 0 Å². The van der Waals surface area contributed by atoms with Gasteiger partial charge in [0.2, 0.25) is 0 Å². The van der Waals surface area contributed by atoms with Crippen LogP contribution in [0.3, 0.4) is 0 Å². The van der Waals surface area contributed by atoms with Crippen molar-refractivity contribution in [2.75, 3.05) is 54.1 Å². The molecule has 0 amide bonds. The Labute approximate surface area is 234 Å². The zero-order valence-electron chi connectivity index (χ0n) is 25.4. The van der Waals surface area contributed by atoms with E-state index in [1.54, 1.807) is 6.92 Å². The third-order valence-corrected chi connectivity index (χ3v) is 7.43. The number of unbranched alkanes of at least 4 members (excludes halogenated alkanes) is 15. The second-order valence-electron chi connectivity index (χ2n) is 11.4. The van der Waals surface area contributed by atoms with E-state index in [-0.39, 0.29) is 26.2 Å². The molecule has 8 nitrogen and oxygen atoms in total. The zero-order chi connectivity index (χ0) is 28.5. The average molecular weight is 566 g/mol. The van der Waals surface area contributed by atoms with Gasteiger partial charge in [0.1, 0.15) is 19.3 Å². The van der Waals surface area contributed by atoms with Crippen molar-refractivity contribution in [1.29, 1.82) is 0 Å². The van der Waals surface area contributed by atoms with Crippen LogP contribution in [0.5, 0.6) is 0 Å². The van der Waals surface area contributed by atoms with Crippen LogP contribution >= 0.6 is 7.82 Å². The summed E-state index contributed by atoms with van der Waals surface area (Å²) in [5.41, 5.74) is 0. The number of quaternary nitrogens is 1. The first-order valence-corrected chi connectivity index (χ1v) is 16.7. The standard InChI is InChI=1S/C29H60NO7P/c1-6-8-9-10-11-12-13-14-15-16-17-18-19-20-21-22-24-34-26-28(37-29(31)7-2)27-36-38(32,33)35-25-23-30(3,4)5/h28H,6-27H2,1-5H3/t28-/m1/s1. The molecule has 0 saturated carbocycles. The summed E-state index contributed by atoms with van der Waals surface area (Å²) in [7, 11) is 1.35. The quantitative estimate of drug-likeness (QED) is 0.0446. The molecule has 0 aromatic rings. The molecule has 1 unspecified atom stereocenters. The van der Waals surface area contributed by atoms with Crippen LogP contribution in [0.2, 0.25) is 0 Å². The number of hydrogen-bond donors (Lipinski definition) is 0. The van der Waals surface area contributed by atoms with Gasteiger partial charge in [-0.25, -0.2) is 0 Å². The number of phosphoric acid groups is 1. The van der Waals surface area contributed by atoms with Crippen molar-refractivity contribution in [1.82, 2.24) is 0 Å². The number of hydrogen-bond acceptors (Lipinski definition) is 7. The van der Waals surface area contributed by atoms with Crippen LogP contribution in [0.25, 0.3) is 0 Å². The molecule has 9 heteroatoms. The molecule has 0 saturated heterocycles. The van der Waals surface area contributed by atoms with E-state index in [4.69, 9.17) is 18.5 Å². The largest absolute Gasteiger partial charge is 0.756 e. The van der Waals surface area contributed by atoms with Crippen LogP contribution in [-0.2, 0) is 27.9 Å². The summed E-state index contributed by atoms with van der Waals surface area (Å²) in [6.45, 7) is 4.84. The highest BCUT2D eigenvalue weighted by molar-refractivity contribution is 7.45. The van der Waals surface area contributed by atoms with Gasteiger partial charge < -0.3 is 27.9 Å². The fourth-order valence-electron chi connectivity index (χ4n) is 3.99. The molecule has 0 N–H and O–H groups in total. The van der Waals surface area contributed by atoms with Crippen LogP contribution in [0.15, 0.2) is 0 Å². The Kier molecular flexibility index (Phi) is 24.0. The Hall–Kier alpha value is -0.500. The molecule has 0 radical (unpaired) electrons. The molecule has 0 aromatic heterocycles. The maximum absolute atomic E-state index is 12.0. The number of ether oxygens (including phenoxy) is 2. The van der Waals surface area contributed by atoms with Crippen molar-refractivity contribution in [3.05, 3.63) is 0 Å². The lowest BCUT2D eigenvalue weighted by molar-refractivity contribution is -0.870. The molecular formula is C29H60NO7P. The highest BCUT2D eigenvalue weighted by Gasteiger charge is 2.19. The minimum atomic E-state index is -4.47. The van der Waals surface area contributed by atoms with Crippen molar-refractivity contribution in [3.63, 3.8) is 0 Å². The molecule has 0 aliphatic rings. The minimum Gasteiger partial charge on any atom is -0.756 e. The summed E-state index contributed by atoms with van der Waals surface area (Å²) < 4.78 is 33.4. The number of phosphoric ester groups is 1. The van der Waals surface area contributed by atoms with Gasteiger partial charge in [-0.3, -0.25) is 9.36 Å². The van der Waals surface area contributed by atoms with Gasteiger partial charge in [0.25, 0.3) is 7.82 Å². The van der Waals surface area contributed by atoms with Crippen molar-refractivity contribution in [2.45, 2.75) is 129 Å². The number of carbonyl (C=O) groups excluding carboxylic acids is 1. The van der Waals surface area contributed by atoms with Gasteiger partial charge >= 0.3 is 5.97 Å². The Bertz CT molecular complexity index is 598. The lowest BCUT2D eigenvalue weighted by Crippen LogP contribution is -2.37. The third-order valence-electron chi connectivity index (χ3n) is 6.46. The van der Waals surface area contributed by atoms with Gasteiger partial charge in [0, 0.05) is 13.0 Å². The summed E-state index contributed by atoms with van der Waals surface area (Å²) in [6.07, 6.45) is 20.4. The van der Waals surface area contributed by atoms with E-state index in [1.165, 1.54) is 89.9 Å². The lowest BCUT2D eigenvalue weighted by Gasteiger charge is -2.28. The molecule has 2 atom stereocenters. The van der Waals surface area contributed by atoms with Crippen LogP contribution in [-0.4, -0.2) is 70.7 Å². The number of carbonyl (C=O) groups is 1. The molecule has 0 aliphatic heterocycles. The first-order chi connectivity index (χ1) is 18.1. The molecular weight excluding hydrogens is 505 g/mol. The van der Waals surface area contributed by atoms with Crippen LogP contribution in [0.1, 0.15) is 123 Å². The van der Waals surface area contributed by atoms with Crippen molar-refractivity contribution < 1.29 is 37.3 Å². The van der Waals surface area contributed by atoms with E-state index < -0.39 is 19.9 Å². The molecule has 0 bridgehead atoms. The lowest BCUT2D eigenvalue weighted by atomic mass is 10.0. The second-order valence-corrected chi connectivity index (χ2v) is 12.8. The van der Waals surface area contributed by atoms with Crippen molar-refractivity contribution in [3.8, 4) is 0 Å². The van der Waals surface area contributed by atoms with Gasteiger partial charge in [-0.1, -0.05) is 110 Å². The monoisotopic (exact) mass is 565 g/mol. The smallest absolute Gasteiger partial charge is 0.305 e. The van der Waals surface area contributed by atoms with Crippen molar-refractivity contribution >= 4 is 13.8 Å². The summed E-state index contributed by atoms with van der Waals surface area (Å²) >= 11 is 0. The highest BCUT2D eigenvalue weighted by atomic mass is 31.2. The molecule has 0 aromatic carbocycles. The predicted molar refractivity (Wildman–Crippen MR) is 153 cm³/mol. The summed E-state index contributed by atoms with van der Waals surface area (Å²) in [5, 5.41) is 0. The summed E-state index contributed by atoms with van der Waals surface area (Å²) in [5.74, 6) is -0.420. The van der Waals surface area contributed by atoms with E-state index in [9.17, 15) is 14.3 Å². The van der Waals surface area contributed by atoms with E-state index in [2.05, 4.69) is 6.92 Å². The SMILES string of the molecule is CCCCCCCCCCCCCCCCCCOC[C@H](COP(=O)([O-])OCC[N+](C)(C)C)OC(=O)CC. The molecule has 0 heterocycles. The van der Waals surface area contributed by atoms with E-state index in [0.717, 1.165) is 12.8 Å². The first kappa shape index (κ1) is 37.5. The molecule has 0 fully saturated rings. The minimum absolute atomic E-state index is 0.0272. The third kappa shape index (κ3) is 27.1. The normalized spacial score (nSPS) is 14.4. The van der Waals surface area contributed by atoms with E-state index in [0.29, 0.717) is 17.6 Å². The summed E-state index contributed by atoms with van der Waals surface area (Å²) in [6, 6.07) is 0. The van der Waals surface area contributed by atoms with Gasteiger partial charge in [-0.15, -0.1) is 0 Å². The molecule has 0 aliphatic carbocycles.